The van der Waals surface area contributed by atoms with Gasteiger partial charge in [0.15, 0.2) is 9.84 Å². The van der Waals surface area contributed by atoms with E-state index in [-0.39, 0.29) is 34.5 Å². The Hall–Kier alpha value is -1.63. The Morgan fingerprint density at radius 3 is 2.42 bits per heavy atom. The van der Waals surface area contributed by atoms with Crippen molar-refractivity contribution in [2.45, 2.75) is 19.0 Å². The minimum Gasteiger partial charge on any atom is -0.330 e. The van der Waals surface area contributed by atoms with Crippen LogP contribution in [0.25, 0.3) is 0 Å². The summed E-state index contributed by atoms with van der Waals surface area (Å²) in [5, 5.41) is 0.674. The molecule has 4 nitrogen and oxygen atoms in total. The molecule has 0 aromatic heterocycles. The van der Waals surface area contributed by atoms with Crippen LogP contribution in [0.1, 0.15) is 22.3 Å². The van der Waals surface area contributed by atoms with Gasteiger partial charge in [-0.1, -0.05) is 29.3 Å². The lowest BCUT2D eigenvalue weighted by atomic mass is 10.1. The van der Waals surface area contributed by atoms with Gasteiger partial charge in [0, 0.05) is 27.2 Å². The molecule has 1 atom stereocenters. The Labute approximate surface area is 161 Å². The lowest BCUT2D eigenvalue weighted by molar-refractivity contribution is 0.0679. The molecule has 1 aliphatic heterocycles. The summed E-state index contributed by atoms with van der Waals surface area (Å²) in [6, 6.07) is 10.0. The van der Waals surface area contributed by atoms with Crippen LogP contribution in [0, 0.1) is 5.82 Å². The second-order valence-corrected chi connectivity index (χ2v) is 9.27. The fourth-order valence-corrected chi connectivity index (χ4v) is 5.08. The highest BCUT2D eigenvalue weighted by Gasteiger charge is 2.35. The third-order valence-corrected chi connectivity index (χ3v) is 6.75. The summed E-state index contributed by atoms with van der Waals surface area (Å²) in [5.41, 5.74) is 0.520. The molecule has 0 bridgehead atoms. The summed E-state index contributed by atoms with van der Waals surface area (Å²) < 4.78 is 38.0. The van der Waals surface area contributed by atoms with Crippen LogP contribution < -0.4 is 0 Å². The van der Waals surface area contributed by atoms with Crippen LogP contribution in [0.15, 0.2) is 42.5 Å². The van der Waals surface area contributed by atoms with Crippen LogP contribution in [0.4, 0.5) is 4.39 Å². The second-order valence-electron chi connectivity index (χ2n) is 6.20. The third kappa shape index (κ3) is 4.19. The first-order chi connectivity index (χ1) is 12.3. The SMILES string of the molecule is O=C(c1ccc(Cl)cc1)N(Cc1c(F)cccc1Cl)C1CCS(=O)(=O)C1. The predicted octanol–water partition coefficient (Wildman–Crippen LogP) is 3.96. The number of nitrogens with zero attached hydrogens (tertiary/aromatic N) is 1. The molecule has 0 N–H and O–H groups in total. The van der Waals surface area contributed by atoms with E-state index in [1.54, 1.807) is 24.3 Å². The van der Waals surface area contributed by atoms with E-state index in [1.807, 2.05) is 0 Å². The van der Waals surface area contributed by atoms with Crippen molar-refractivity contribution in [3.05, 3.63) is 69.5 Å². The lowest BCUT2D eigenvalue weighted by Crippen LogP contribution is -2.41. The van der Waals surface area contributed by atoms with Crippen molar-refractivity contribution in [2.24, 2.45) is 0 Å². The average Bonchev–Trinajstić information content (AvgIpc) is 2.94. The van der Waals surface area contributed by atoms with Crippen molar-refractivity contribution in [3.8, 4) is 0 Å². The summed E-state index contributed by atoms with van der Waals surface area (Å²) in [4.78, 5) is 14.4. The molecular formula is C18H16Cl2FNO3S. The van der Waals surface area contributed by atoms with Gasteiger partial charge in [0.1, 0.15) is 5.82 Å². The molecule has 3 rings (SSSR count). The Balaban J connectivity index is 1.96. The number of hydrogen-bond donors (Lipinski definition) is 0. The van der Waals surface area contributed by atoms with Crippen LogP contribution in [0.2, 0.25) is 10.0 Å². The number of benzene rings is 2. The first-order valence-corrected chi connectivity index (χ1v) is 10.5. The molecular weight excluding hydrogens is 400 g/mol. The number of amides is 1. The lowest BCUT2D eigenvalue weighted by Gasteiger charge is -2.29. The molecule has 0 spiro atoms. The Bertz CT molecular complexity index is 912. The fourth-order valence-electron chi connectivity index (χ4n) is 3.00. The minimum atomic E-state index is -3.22. The third-order valence-electron chi connectivity index (χ3n) is 4.39. The van der Waals surface area contributed by atoms with E-state index in [9.17, 15) is 17.6 Å². The van der Waals surface area contributed by atoms with E-state index in [0.29, 0.717) is 17.0 Å². The van der Waals surface area contributed by atoms with Gasteiger partial charge in [-0.25, -0.2) is 12.8 Å². The molecule has 2 aromatic carbocycles. The van der Waals surface area contributed by atoms with Gasteiger partial charge < -0.3 is 4.90 Å². The molecule has 1 heterocycles. The highest BCUT2D eigenvalue weighted by atomic mass is 35.5. The number of rotatable bonds is 4. The second kappa shape index (κ2) is 7.55. The Kier molecular flexibility index (Phi) is 5.55. The zero-order valence-corrected chi connectivity index (χ0v) is 16.0. The molecule has 0 saturated carbocycles. The van der Waals surface area contributed by atoms with Crippen molar-refractivity contribution < 1.29 is 17.6 Å². The number of carbonyl (C=O) groups excluding carboxylic acids is 1. The summed E-state index contributed by atoms with van der Waals surface area (Å²) in [5.74, 6) is -1.05. The van der Waals surface area contributed by atoms with Crippen molar-refractivity contribution in [2.75, 3.05) is 11.5 Å². The van der Waals surface area contributed by atoms with E-state index < -0.39 is 21.7 Å². The quantitative estimate of drug-likeness (QED) is 0.758. The van der Waals surface area contributed by atoms with Crippen molar-refractivity contribution in [1.29, 1.82) is 0 Å². The van der Waals surface area contributed by atoms with Gasteiger partial charge in [-0.2, -0.15) is 0 Å². The smallest absolute Gasteiger partial charge is 0.254 e. The number of halogens is 3. The van der Waals surface area contributed by atoms with Crippen LogP contribution in [-0.4, -0.2) is 36.8 Å². The first kappa shape index (κ1) is 19.1. The number of hydrogen-bond acceptors (Lipinski definition) is 3. The average molecular weight is 416 g/mol. The zero-order valence-electron chi connectivity index (χ0n) is 13.7. The summed E-state index contributed by atoms with van der Waals surface area (Å²) in [6.07, 6.45) is 0.313. The van der Waals surface area contributed by atoms with Gasteiger partial charge in [-0.3, -0.25) is 4.79 Å². The van der Waals surface area contributed by atoms with E-state index in [2.05, 4.69) is 0 Å². The normalized spacial score (nSPS) is 18.7. The number of carbonyl (C=O) groups is 1. The molecule has 1 amide bonds. The maximum absolute atomic E-state index is 14.2. The molecule has 1 fully saturated rings. The van der Waals surface area contributed by atoms with Crippen molar-refractivity contribution >= 4 is 38.9 Å². The summed E-state index contributed by atoms with van der Waals surface area (Å²) in [6.45, 7) is -0.104. The van der Waals surface area contributed by atoms with E-state index in [4.69, 9.17) is 23.2 Å². The highest BCUT2D eigenvalue weighted by molar-refractivity contribution is 7.91. The van der Waals surface area contributed by atoms with Crippen molar-refractivity contribution in [1.82, 2.24) is 4.90 Å². The highest BCUT2D eigenvalue weighted by Crippen LogP contribution is 2.27. The maximum atomic E-state index is 14.2. The van der Waals surface area contributed by atoms with E-state index in [1.165, 1.54) is 23.1 Å². The number of sulfone groups is 1. The molecule has 1 saturated heterocycles. The zero-order chi connectivity index (χ0) is 18.9. The van der Waals surface area contributed by atoms with Crippen LogP contribution in [-0.2, 0) is 16.4 Å². The van der Waals surface area contributed by atoms with Crippen molar-refractivity contribution in [3.63, 3.8) is 0 Å². The predicted molar refractivity (Wildman–Crippen MR) is 99.8 cm³/mol. The molecule has 0 radical (unpaired) electrons. The Morgan fingerprint density at radius 1 is 1.15 bits per heavy atom. The van der Waals surface area contributed by atoms with E-state index >= 15 is 0 Å². The molecule has 2 aromatic rings. The Morgan fingerprint density at radius 2 is 1.85 bits per heavy atom. The van der Waals surface area contributed by atoms with Gasteiger partial charge in [0.2, 0.25) is 0 Å². The summed E-state index contributed by atoms with van der Waals surface area (Å²) >= 11 is 12.0. The van der Waals surface area contributed by atoms with Gasteiger partial charge >= 0.3 is 0 Å². The van der Waals surface area contributed by atoms with Crippen LogP contribution in [0.5, 0.6) is 0 Å². The van der Waals surface area contributed by atoms with Gasteiger partial charge in [-0.15, -0.1) is 0 Å². The molecule has 0 aliphatic carbocycles. The van der Waals surface area contributed by atoms with E-state index in [0.717, 1.165) is 0 Å². The monoisotopic (exact) mass is 415 g/mol. The standard InChI is InChI=1S/C18H16Cl2FNO3S/c19-13-6-4-12(5-7-13)18(23)22(14-8-9-26(24,25)11-14)10-15-16(20)2-1-3-17(15)21/h1-7,14H,8-11H2. The van der Waals surface area contributed by atoms with Gasteiger partial charge in [-0.05, 0) is 42.8 Å². The first-order valence-electron chi connectivity index (χ1n) is 7.97. The largest absolute Gasteiger partial charge is 0.330 e. The molecule has 8 heteroatoms. The minimum absolute atomic E-state index is 0.00701. The molecule has 1 aliphatic rings. The molecule has 138 valence electrons. The van der Waals surface area contributed by atoms with Crippen LogP contribution in [0.3, 0.4) is 0 Å². The topological polar surface area (TPSA) is 54.5 Å². The molecule has 1 unspecified atom stereocenters. The molecule has 26 heavy (non-hydrogen) atoms. The summed E-state index contributed by atoms with van der Waals surface area (Å²) in [7, 11) is -3.22. The van der Waals surface area contributed by atoms with Crippen LogP contribution >= 0.6 is 23.2 Å². The van der Waals surface area contributed by atoms with Gasteiger partial charge in [0.05, 0.1) is 18.1 Å². The fraction of sp³-hybridized carbons (Fsp3) is 0.278. The van der Waals surface area contributed by atoms with Gasteiger partial charge in [0.25, 0.3) is 5.91 Å². The maximum Gasteiger partial charge on any atom is 0.254 e.